The van der Waals surface area contributed by atoms with Gasteiger partial charge in [0.05, 0.1) is 12.0 Å². The monoisotopic (exact) mass is 437 g/mol. The Morgan fingerprint density at radius 2 is 1.72 bits per heavy atom. The molecule has 3 fully saturated rings. The maximum Gasteiger partial charge on any atom is 0.254 e. The van der Waals surface area contributed by atoms with Gasteiger partial charge in [0.2, 0.25) is 11.9 Å². The van der Waals surface area contributed by atoms with Crippen molar-refractivity contribution in [3.05, 3.63) is 40.2 Å². The molecule has 4 heterocycles. The second kappa shape index (κ2) is 8.88. The molecule has 0 atom stereocenters. The molecule has 5 rings (SSSR count). The molecule has 9 heteroatoms. The zero-order valence-electron chi connectivity index (χ0n) is 18.7. The minimum atomic E-state index is -0.143. The zero-order valence-corrected chi connectivity index (χ0v) is 18.7. The highest BCUT2D eigenvalue weighted by Crippen LogP contribution is 2.38. The van der Waals surface area contributed by atoms with E-state index in [-0.39, 0.29) is 18.0 Å². The van der Waals surface area contributed by atoms with Gasteiger partial charge in [-0.25, -0.2) is 9.97 Å². The number of amides is 1. The molecule has 0 unspecified atom stereocenters. The van der Waals surface area contributed by atoms with Crippen molar-refractivity contribution >= 4 is 17.7 Å². The standard InChI is InChI=1S/C23H31N7O2/c1-17-13-20(26-23(25-17)29-7-3-2-4-8-29)27-9-11-28(12-10-27)22(32)15-30-16-24-19(14-21(30)31)18-5-6-18/h13-14,16,18H,2-12,15H2,1H3. The summed E-state index contributed by atoms with van der Waals surface area (Å²) in [6, 6.07) is 3.61. The minimum Gasteiger partial charge on any atom is -0.353 e. The summed E-state index contributed by atoms with van der Waals surface area (Å²) in [5, 5.41) is 0. The van der Waals surface area contributed by atoms with Crippen LogP contribution in [0.15, 0.2) is 23.3 Å². The van der Waals surface area contributed by atoms with Crippen LogP contribution in [0.4, 0.5) is 11.8 Å². The van der Waals surface area contributed by atoms with E-state index < -0.39 is 0 Å². The molecule has 2 aromatic rings. The number of carbonyl (C=O) groups is 1. The first-order chi connectivity index (χ1) is 15.6. The van der Waals surface area contributed by atoms with Crippen LogP contribution in [0.2, 0.25) is 0 Å². The van der Waals surface area contributed by atoms with Gasteiger partial charge in [0.15, 0.2) is 0 Å². The maximum atomic E-state index is 12.8. The lowest BCUT2D eigenvalue weighted by Crippen LogP contribution is -2.50. The van der Waals surface area contributed by atoms with Crippen LogP contribution >= 0.6 is 0 Å². The molecular weight excluding hydrogens is 406 g/mol. The van der Waals surface area contributed by atoms with Crippen molar-refractivity contribution in [1.29, 1.82) is 0 Å². The molecule has 0 aromatic carbocycles. The van der Waals surface area contributed by atoms with Crippen molar-refractivity contribution < 1.29 is 4.79 Å². The van der Waals surface area contributed by atoms with Crippen LogP contribution in [0.5, 0.6) is 0 Å². The second-order valence-corrected chi connectivity index (χ2v) is 9.14. The number of carbonyl (C=O) groups excluding carboxylic acids is 1. The fourth-order valence-electron chi connectivity index (χ4n) is 4.53. The number of piperazine rings is 1. The van der Waals surface area contributed by atoms with Crippen LogP contribution in [0.3, 0.4) is 0 Å². The Morgan fingerprint density at radius 1 is 0.969 bits per heavy atom. The summed E-state index contributed by atoms with van der Waals surface area (Å²) in [7, 11) is 0. The summed E-state index contributed by atoms with van der Waals surface area (Å²) in [4.78, 5) is 45.3. The average molecular weight is 438 g/mol. The highest BCUT2D eigenvalue weighted by molar-refractivity contribution is 5.76. The number of rotatable bonds is 5. The van der Waals surface area contributed by atoms with Crippen molar-refractivity contribution in [2.24, 2.45) is 0 Å². The number of aryl methyl sites for hydroxylation is 1. The minimum absolute atomic E-state index is 0.0411. The Kier molecular flexibility index (Phi) is 5.80. The molecule has 0 bridgehead atoms. The van der Waals surface area contributed by atoms with Gasteiger partial charge < -0.3 is 14.7 Å². The third-order valence-corrected chi connectivity index (χ3v) is 6.63. The van der Waals surface area contributed by atoms with E-state index in [2.05, 4.69) is 19.8 Å². The van der Waals surface area contributed by atoms with Crippen LogP contribution in [-0.2, 0) is 11.3 Å². The number of aromatic nitrogens is 4. The van der Waals surface area contributed by atoms with Crippen LogP contribution in [-0.4, -0.2) is 69.6 Å². The average Bonchev–Trinajstić information content (AvgIpc) is 3.66. The molecule has 3 aliphatic rings. The van der Waals surface area contributed by atoms with E-state index in [0.717, 1.165) is 62.2 Å². The Hall–Kier alpha value is -2.97. The highest BCUT2D eigenvalue weighted by atomic mass is 16.2. The Morgan fingerprint density at radius 3 is 2.41 bits per heavy atom. The largest absolute Gasteiger partial charge is 0.353 e. The number of piperidine rings is 1. The molecular formula is C23H31N7O2. The number of nitrogens with zero attached hydrogens (tertiary/aromatic N) is 7. The van der Waals surface area contributed by atoms with Crippen molar-refractivity contribution in [2.75, 3.05) is 49.1 Å². The third kappa shape index (κ3) is 4.61. The molecule has 2 saturated heterocycles. The van der Waals surface area contributed by atoms with Gasteiger partial charge in [-0.3, -0.25) is 14.2 Å². The molecule has 2 aromatic heterocycles. The van der Waals surface area contributed by atoms with Crippen LogP contribution in [0.1, 0.15) is 49.4 Å². The van der Waals surface area contributed by atoms with E-state index in [1.165, 1.54) is 30.2 Å². The molecule has 0 radical (unpaired) electrons. The summed E-state index contributed by atoms with van der Waals surface area (Å²) < 4.78 is 1.42. The second-order valence-electron chi connectivity index (χ2n) is 9.14. The van der Waals surface area contributed by atoms with E-state index in [1.54, 1.807) is 6.07 Å². The molecule has 1 aliphatic carbocycles. The van der Waals surface area contributed by atoms with Gasteiger partial charge in [-0.05, 0) is 39.0 Å². The van der Waals surface area contributed by atoms with E-state index in [9.17, 15) is 9.59 Å². The van der Waals surface area contributed by atoms with Crippen molar-refractivity contribution in [1.82, 2.24) is 24.4 Å². The fourth-order valence-corrected chi connectivity index (χ4v) is 4.53. The van der Waals surface area contributed by atoms with Crippen molar-refractivity contribution in [2.45, 2.75) is 51.5 Å². The Bertz CT molecular complexity index is 1030. The maximum absolute atomic E-state index is 12.8. The van der Waals surface area contributed by atoms with Gasteiger partial charge in [-0.15, -0.1) is 0 Å². The number of hydrogen-bond acceptors (Lipinski definition) is 7. The van der Waals surface area contributed by atoms with E-state index >= 15 is 0 Å². The lowest BCUT2D eigenvalue weighted by Gasteiger charge is -2.36. The molecule has 1 saturated carbocycles. The normalized spacial score (nSPS) is 19.3. The van der Waals surface area contributed by atoms with Crippen molar-refractivity contribution in [3.63, 3.8) is 0 Å². The fraction of sp³-hybridized carbons (Fsp3) is 0.609. The predicted molar refractivity (Wildman–Crippen MR) is 122 cm³/mol. The lowest BCUT2D eigenvalue weighted by molar-refractivity contribution is -0.132. The van der Waals surface area contributed by atoms with Gasteiger partial charge in [-0.2, -0.15) is 4.98 Å². The molecule has 32 heavy (non-hydrogen) atoms. The summed E-state index contributed by atoms with van der Waals surface area (Å²) in [6.45, 7) is 6.75. The zero-order chi connectivity index (χ0) is 22.1. The molecule has 170 valence electrons. The Labute approximate surface area is 188 Å². The molecule has 1 amide bonds. The van der Waals surface area contributed by atoms with Crippen molar-refractivity contribution in [3.8, 4) is 0 Å². The van der Waals surface area contributed by atoms with E-state index in [1.807, 2.05) is 17.9 Å². The predicted octanol–water partition coefficient (Wildman–Crippen LogP) is 1.56. The third-order valence-electron chi connectivity index (χ3n) is 6.63. The molecule has 0 N–H and O–H groups in total. The van der Waals surface area contributed by atoms with E-state index in [4.69, 9.17) is 4.98 Å². The topological polar surface area (TPSA) is 87.5 Å². The summed E-state index contributed by atoms with van der Waals surface area (Å²) in [5.41, 5.74) is 1.68. The first kappa shape index (κ1) is 20.9. The van der Waals surface area contributed by atoms with Gasteiger partial charge in [0.1, 0.15) is 12.4 Å². The Balaban J connectivity index is 1.20. The molecule has 2 aliphatic heterocycles. The SMILES string of the molecule is Cc1cc(N2CCN(C(=O)Cn3cnc(C4CC4)cc3=O)CC2)nc(N2CCCCC2)n1. The van der Waals surface area contributed by atoms with Gasteiger partial charge in [0.25, 0.3) is 5.56 Å². The van der Waals surface area contributed by atoms with Crippen LogP contribution in [0.25, 0.3) is 0 Å². The van der Waals surface area contributed by atoms with Crippen LogP contribution in [0, 0.1) is 6.92 Å². The number of hydrogen-bond donors (Lipinski definition) is 0. The van der Waals surface area contributed by atoms with Gasteiger partial charge >= 0.3 is 0 Å². The lowest BCUT2D eigenvalue weighted by atomic mass is 10.1. The summed E-state index contributed by atoms with van der Waals surface area (Å²) in [6.07, 6.45) is 7.38. The quantitative estimate of drug-likeness (QED) is 0.701. The highest BCUT2D eigenvalue weighted by Gasteiger charge is 2.26. The van der Waals surface area contributed by atoms with Gasteiger partial charge in [0, 0.05) is 63.0 Å². The molecule has 0 spiro atoms. The summed E-state index contributed by atoms with van der Waals surface area (Å²) in [5.74, 6) is 2.14. The summed E-state index contributed by atoms with van der Waals surface area (Å²) >= 11 is 0. The first-order valence-electron chi connectivity index (χ1n) is 11.8. The van der Waals surface area contributed by atoms with Crippen LogP contribution < -0.4 is 15.4 Å². The van der Waals surface area contributed by atoms with Gasteiger partial charge in [-0.1, -0.05) is 0 Å². The van der Waals surface area contributed by atoms with E-state index in [0.29, 0.717) is 19.0 Å². The number of anilines is 2. The molecule has 9 nitrogen and oxygen atoms in total. The first-order valence-corrected chi connectivity index (χ1v) is 11.8. The smallest absolute Gasteiger partial charge is 0.254 e.